The minimum absolute atomic E-state index is 0.184. The molecule has 8 nitrogen and oxygen atoms in total. The van der Waals surface area contributed by atoms with Crippen LogP contribution in [0.15, 0.2) is 40.9 Å². The number of nitrogens with one attached hydrogen (secondary N) is 1. The van der Waals surface area contributed by atoms with Crippen molar-refractivity contribution in [2.75, 3.05) is 12.8 Å². The van der Waals surface area contributed by atoms with E-state index in [1.165, 1.54) is 0 Å². The van der Waals surface area contributed by atoms with E-state index in [2.05, 4.69) is 15.5 Å². The van der Waals surface area contributed by atoms with Gasteiger partial charge in [-0.15, -0.1) is 0 Å². The van der Waals surface area contributed by atoms with Crippen LogP contribution >= 0.6 is 0 Å². The molecule has 2 heterocycles. The number of aromatic nitrogens is 2. The molecular formula is C17H20N4O4S. The topological polar surface area (TPSA) is 105 Å². The van der Waals surface area contributed by atoms with Crippen molar-refractivity contribution >= 4 is 15.9 Å². The Hall–Kier alpha value is -2.52. The van der Waals surface area contributed by atoms with E-state index >= 15 is 0 Å². The molecule has 3 rings (SSSR count). The van der Waals surface area contributed by atoms with Crippen LogP contribution < -0.4 is 5.32 Å². The van der Waals surface area contributed by atoms with E-state index in [4.69, 9.17) is 4.52 Å². The Labute approximate surface area is 151 Å². The van der Waals surface area contributed by atoms with Crippen LogP contribution in [0, 0.1) is 6.92 Å². The number of carbonyl (C=O) groups is 1. The molecule has 2 atom stereocenters. The fourth-order valence-electron chi connectivity index (χ4n) is 2.77. The summed E-state index contributed by atoms with van der Waals surface area (Å²) in [6, 6.07) is 6.22. The molecule has 0 bridgehead atoms. The normalized spacial score (nSPS) is 18.8. The highest BCUT2D eigenvalue weighted by atomic mass is 32.2. The van der Waals surface area contributed by atoms with Crippen LogP contribution in [-0.4, -0.2) is 47.6 Å². The molecule has 0 saturated carbocycles. The van der Waals surface area contributed by atoms with E-state index in [0.717, 1.165) is 21.7 Å². The molecule has 0 fully saturated rings. The van der Waals surface area contributed by atoms with Crippen molar-refractivity contribution < 1.29 is 17.7 Å². The minimum atomic E-state index is -3.48. The Morgan fingerprint density at radius 3 is 2.81 bits per heavy atom. The molecule has 1 amide bonds. The number of rotatable bonds is 5. The summed E-state index contributed by atoms with van der Waals surface area (Å²) in [5, 5.41) is 6.70. The lowest BCUT2D eigenvalue weighted by atomic mass is 10.1. The minimum Gasteiger partial charge on any atom is -0.343 e. The Morgan fingerprint density at radius 2 is 2.12 bits per heavy atom. The second kappa shape index (κ2) is 7.00. The van der Waals surface area contributed by atoms with Crippen molar-refractivity contribution in [3.63, 3.8) is 0 Å². The third kappa shape index (κ3) is 3.68. The predicted octanol–water partition coefficient (Wildman–Crippen LogP) is 1.42. The van der Waals surface area contributed by atoms with E-state index in [0.29, 0.717) is 5.82 Å². The maximum atomic E-state index is 12.5. The highest BCUT2D eigenvalue weighted by molar-refractivity contribution is 7.88. The lowest BCUT2D eigenvalue weighted by molar-refractivity contribution is -0.124. The van der Waals surface area contributed by atoms with Crippen LogP contribution in [0.3, 0.4) is 0 Å². The van der Waals surface area contributed by atoms with Crippen LogP contribution in [0.25, 0.3) is 11.4 Å². The van der Waals surface area contributed by atoms with Crippen molar-refractivity contribution in [3.05, 3.63) is 47.9 Å². The average Bonchev–Trinajstić information content (AvgIpc) is 3.24. The smallest absolute Gasteiger partial charge is 0.249 e. The summed E-state index contributed by atoms with van der Waals surface area (Å²) in [6.07, 6.45) is 4.30. The van der Waals surface area contributed by atoms with Crippen LogP contribution in [0.4, 0.5) is 0 Å². The number of amides is 1. The quantitative estimate of drug-likeness (QED) is 0.791. The van der Waals surface area contributed by atoms with Crippen molar-refractivity contribution in [2.45, 2.75) is 25.9 Å². The van der Waals surface area contributed by atoms with Gasteiger partial charge in [-0.25, -0.2) is 8.42 Å². The molecule has 0 aliphatic carbocycles. The number of carbonyl (C=O) groups excluding carboxylic acids is 1. The third-order valence-electron chi connectivity index (χ3n) is 4.17. The van der Waals surface area contributed by atoms with Gasteiger partial charge >= 0.3 is 0 Å². The first kappa shape index (κ1) is 18.3. The third-order valence-corrected chi connectivity index (χ3v) is 5.39. The van der Waals surface area contributed by atoms with Crippen molar-refractivity contribution in [1.82, 2.24) is 19.8 Å². The lowest BCUT2D eigenvalue weighted by Crippen LogP contribution is -2.46. The molecule has 138 valence electrons. The SMILES string of the molecule is Cc1ccccc1-c1noc([C@H](C)NC(=O)[C@H]2C=CCN2S(C)(=O)=O)n1. The zero-order valence-corrected chi connectivity index (χ0v) is 15.5. The molecule has 26 heavy (non-hydrogen) atoms. The van der Waals surface area contributed by atoms with E-state index in [-0.39, 0.29) is 12.4 Å². The Balaban J connectivity index is 1.73. The van der Waals surface area contributed by atoms with Gasteiger partial charge in [-0.1, -0.05) is 41.6 Å². The summed E-state index contributed by atoms with van der Waals surface area (Å²) < 4.78 is 29.9. The van der Waals surface area contributed by atoms with Crippen LogP contribution in [-0.2, 0) is 14.8 Å². The summed E-state index contributed by atoms with van der Waals surface area (Å²) in [6.45, 7) is 3.84. The highest BCUT2D eigenvalue weighted by Gasteiger charge is 2.34. The number of aryl methyl sites for hydroxylation is 1. The first-order valence-corrected chi connectivity index (χ1v) is 9.95. The van der Waals surface area contributed by atoms with Crippen LogP contribution in [0.1, 0.15) is 24.4 Å². The van der Waals surface area contributed by atoms with Gasteiger partial charge in [-0.05, 0) is 19.4 Å². The molecule has 1 N–H and O–H groups in total. The molecule has 1 aliphatic rings. The van der Waals surface area contributed by atoms with Gasteiger partial charge in [0, 0.05) is 12.1 Å². The summed E-state index contributed by atoms with van der Waals surface area (Å²) in [5.74, 6) is 0.259. The van der Waals surface area contributed by atoms with Crippen molar-refractivity contribution in [3.8, 4) is 11.4 Å². The van der Waals surface area contributed by atoms with Gasteiger partial charge in [-0.3, -0.25) is 4.79 Å². The zero-order chi connectivity index (χ0) is 18.9. The molecule has 0 spiro atoms. The molecular weight excluding hydrogens is 356 g/mol. The van der Waals surface area contributed by atoms with Gasteiger partial charge < -0.3 is 9.84 Å². The Kier molecular flexibility index (Phi) is 4.92. The monoisotopic (exact) mass is 376 g/mol. The van der Waals surface area contributed by atoms with Crippen LogP contribution in [0.2, 0.25) is 0 Å². The predicted molar refractivity (Wildman–Crippen MR) is 95.5 cm³/mol. The van der Waals surface area contributed by atoms with Gasteiger partial charge in [0.1, 0.15) is 12.1 Å². The zero-order valence-electron chi connectivity index (χ0n) is 14.7. The standard InChI is InChI=1S/C17H20N4O4S/c1-11-7-4-5-8-13(11)15-19-17(25-20-15)12(2)18-16(22)14-9-6-10-21(14)26(3,23)24/h4-9,12,14H,10H2,1-3H3,(H,18,22)/t12-,14+/m0/s1. The first-order valence-electron chi connectivity index (χ1n) is 8.11. The molecule has 1 aromatic carbocycles. The number of nitrogens with zero attached hydrogens (tertiary/aromatic N) is 3. The number of sulfonamides is 1. The Bertz CT molecular complexity index is 951. The number of hydrogen-bond acceptors (Lipinski definition) is 6. The lowest BCUT2D eigenvalue weighted by Gasteiger charge is -2.22. The highest BCUT2D eigenvalue weighted by Crippen LogP contribution is 2.22. The van der Waals surface area contributed by atoms with E-state index in [9.17, 15) is 13.2 Å². The second-order valence-corrected chi connectivity index (χ2v) is 8.14. The molecule has 0 unspecified atom stereocenters. The maximum absolute atomic E-state index is 12.5. The van der Waals surface area contributed by atoms with Crippen molar-refractivity contribution in [2.24, 2.45) is 0 Å². The molecule has 0 radical (unpaired) electrons. The fourth-order valence-corrected chi connectivity index (χ4v) is 3.70. The van der Waals surface area contributed by atoms with Gasteiger partial charge in [0.2, 0.25) is 27.6 Å². The van der Waals surface area contributed by atoms with Crippen LogP contribution in [0.5, 0.6) is 0 Å². The van der Waals surface area contributed by atoms with Gasteiger partial charge in [0.25, 0.3) is 0 Å². The van der Waals surface area contributed by atoms with Gasteiger partial charge in [0.05, 0.1) is 6.26 Å². The summed E-state index contributed by atoms with van der Waals surface area (Å²) >= 11 is 0. The largest absolute Gasteiger partial charge is 0.343 e. The molecule has 0 saturated heterocycles. The molecule has 2 aromatic rings. The summed E-state index contributed by atoms with van der Waals surface area (Å²) in [7, 11) is -3.48. The van der Waals surface area contributed by atoms with E-state index < -0.39 is 28.0 Å². The fraction of sp³-hybridized carbons (Fsp3) is 0.353. The van der Waals surface area contributed by atoms with E-state index in [1.54, 1.807) is 19.1 Å². The summed E-state index contributed by atoms with van der Waals surface area (Å²) in [5.41, 5.74) is 1.86. The molecule has 1 aliphatic heterocycles. The van der Waals surface area contributed by atoms with Crippen molar-refractivity contribution in [1.29, 1.82) is 0 Å². The second-order valence-electron chi connectivity index (χ2n) is 6.21. The summed E-state index contributed by atoms with van der Waals surface area (Å²) in [4.78, 5) is 16.8. The van der Waals surface area contributed by atoms with Gasteiger partial charge in [0.15, 0.2) is 0 Å². The molecule has 9 heteroatoms. The average molecular weight is 376 g/mol. The number of hydrogen-bond donors (Lipinski definition) is 1. The first-order chi connectivity index (χ1) is 12.3. The van der Waals surface area contributed by atoms with Gasteiger partial charge in [-0.2, -0.15) is 9.29 Å². The van der Waals surface area contributed by atoms with E-state index in [1.807, 2.05) is 31.2 Å². The molecule has 1 aromatic heterocycles. The maximum Gasteiger partial charge on any atom is 0.249 e. The number of benzene rings is 1. The Morgan fingerprint density at radius 1 is 1.38 bits per heavy atom.